The van der Waals surface area contributed by atoms with E-state index in [2.05, 4.69) is 5.32 Å². The van der Waals surface area contributed by atoms with Gasteiger partial charge in [-0.1, -0.05) is 12.1 Å². The van der Waals surface area contributed by atoms with Gasteiger partial charge < -0.3 is 19.7 Å². The first kappa shape index (κ1) is 19.0. The predicted octanol–water partition coefficient (Wildman–Crippen LogP) is 3.11. The van der Waals surface area contributed by atoms with E-state index in [1.54, 1.807) is 47.4 Å². The van der Waals surface area contributed by atoms with Crippen LogP contribution < -0.4 is 14.8 Å². The number of likely N-dealkylation sites (tertiary alicyclic amines) is 1. The molecule has 1 fully saturated rings. The Morgan fingerprint density at radius 1 is 0.966 bits per heavy atom. The number of benzene rings is 2. The number of Topliss-reactive ketones (excluding diaryl/α,β-unsaturated/α-hetero) is 1. The molecule has 4 rings (SSSR count). The van der Waals surface area contributed by atoms with Crippen molar-refractivity contribution in [2.75, 3.05) is 25.2 Å². The van der Waals surface area contributed by atoms with Gasteiger partial charge in [0.1, 0.15) is 0 Å². The molecule has 1 saturated heterocycles. The Bertz CT molecular complexity index is 963. The third-order valence-corrected chi connectivity index (χ3v) is 5.31. The van der Waals surface area contributed by atoms with E-state index in [1.807, 2.05) is 0 Å². The number of nitrogens with one attached hydrogen (secondary N) is 1. The van der Waals surface area contributed by atoms with E-state index in [0.717, 1.165) is 0 Å². The fourth-order valence-electron chi connectivity index (χ4n) is 3.62. The molecule has 150 valence electrons. The zero-order valence-electron chi connectivity index (χ0n) is 16.1. The Morgan fingerprint density at radius 3 is 2.48 bits per heavy atom. The van der Waals surface area contributed by atoms with E-state index in [1.165, 1.54) is 6.92 Å². The number of carbonyl (C=O) groups excluding carboxylic acids is 3. The molecule has 7 heteroatoms. The number of carbonyl (C=O) groups is 3. The first-order chi connectivity index (χ1) is 14.0. The largest absolute Gasteiger partial charge is 0.454 e. The quantitative estimate of drug-likeness (QED) is 0.806. The zero-order chi connectivity index (χ0) is 20.4. The normalized spacial score (nSPS) is 15.8. The van der Waals surface area contributed by atoms with Crippen molar-refractivity contribution >= 4 is 23.3 Å². The van der Waals surface area contributed by atoms with E-state index in [9.17, 15) is 14.4 Å². The third-order valence-electron chi connectivity index (χ3n) is 5.31. The van der Waals surface area contributed by atoms with Crippen molar-refractivity contribution in [1.82, 2.24) is 4.90 Å². The van der Waals surface area contributed by atoms with Crippen LogP contribution in [0.5, 0.6) is 11.5 Å². The maximum absolute atomic E-state index is 12.8. The predicted molar refractivity (Wildman–Crippen MR) is 106 cm³/mol. The summed E-state index contributed by atoms with van der Waals surface area (Å²) in [5.74, 6) is 0.856. The standard InChI is InChI=1S/C22H22N2O5/c1-14(25)16-3-2-4-18(11-16)23-21(26)15-7-9-24(10-8-15)22(27)17-5-6-19-20(12-17)29-13-28-19/h2-6,11-12,15H,7-10,13H2,1H3,(H,23,26). The van der Waals surface area contributed by atoms with Crippen molar-refractivity contribution in [3.63, 3.8) is 0 Å². The molecule has 2 aliphatic heterocycles. The number of piperidine rings is 1. The lowest BCUT2D eigenvalue weighted by Crippen LogP contribution is -2.41. The average molecular weight is 394 g/mol. The fourth-order valence-corrected chi connectivity index (χ4v) is 3.62. The van der Waals surface area contributed by atoms with Crippen molar-refractivity contribution in [2.24, 2.45) is 5.92 Å². The lowest BCUT2D eigenvalue weighted by molar-refractivity contribution is -0.121. The zero-order valence-corrected chi connectivity index (χ0v) is 16.1. The van der Waals surface area contributed by atoms with Crippen LogP contribution >= 0.6 is 0 Å². The number of hydrogen-bond acceptors (Lipinski definition) is 5. The van der Waals surface area contributed by atoms with Gasteiger partial charge in [-0.25, -0.2) is 0 Å². The molecule has 0 aliphatic carbocycles. The summed E-state index contributed by atoms with van der Waals surface area (Å²) in [5.41, 5.74) is 1.73. The van der Waals surface area contributed by atoms with Crippen LogP contribution in [0.25, 0.3) is 0 Å². The molecule has 1 N–H and O–H groups in total. The van der Waals surface area contributed by atoms with Crippen molar-refractivity contribution in [3.8, 4) is 11.5 Å². The number of amides is 2. The average Bonchev–Trinajstić information content (AvgIpc) is 3.21. The van der Waals surface area contributed by atoms with Gasteiger partial charge >= 0.3 is 0 Å². The molecule has 29 heavy (non-hydrogen) atoms. The second kappa shape index (κ2) is 7.95. The molecule has 0 radical (unpaired) electrons. The molecule has 2 aromatic rings. The summed E-state index contributed by atoms with van der Waals surface area (Å²) in [4.78, 5) is 38.6. The fraction of sp³-hybridized carbons (Fsp3) is 0.318. The molecule has 0 atom stereocenters. The summed E-state index contributed by atoms with van der Waals surface area (Å²) < 4.78 is 10.6. The van der Waals surface area contributed by atoms with Crippen molar-refractivity contribution in [2.45, 2.75) is 19.8 Å². The first-order valence-corrected chi connectivity index (χ1v) is 9.62. The van der Waals surface area contributed by atoms with Crippen LogP contribution in [0.2, 0.25) is 0 Å². The second-order valence-electron chi connectivity index (χ2n) is 7.26. The third kappa shape index (κ3) is 4.08. The van der Waals surface area contributed by atoms with Crippen LogP contribution in [-0.4, -0.2) is 42.4 Å². The van der Waals surface area contributed by atoms with E-state index in [4.69, 9.17) is 9.47 Å². The molecule has 0 saturated carbocycles. The lowest BCUT2D eigenvalue weighted by atomic mass is 9.95. The summed E-state index contributed by atoms with van der Waals surface area (Å²) in [6.45, 7) is 2.69. The second-order valence-corrected chi connectivity index (χ2v) is 7.26. The van der Waals surface area contributed by atoms with Crippen LogP contribution in [0.4, 0.5) is 5.69 Å². The molecular weight excluding hydrogens is 372 g/mol. The van der Waals surface area contributed by atoms with Gasteiger partial charge in [-0.05, 0) is 50.1 Å². The number of rotatable bonds is 4. The SMILES string of the molecule is CC(=O)c1cccc(NC(=O)C2CCN(C(=O)c3ccc4c(c3)OCO4)CC2)c1. The summed E-state index contributed by atoms with van der Waals surface area (Å²) >= 11 is 0. The number of hydrogen-bond donors (Lipinski definition) is 1. The Hall–Kier alpha value is -3.35. The molecular formula is C22H22N2O5. The van der Waals surface area contributed by atoms with E-state index >= 15 is 0 Å². The molecule has 2 heterocycles. The molecule has 0 aromatic heterocycles. The van der Waals surface area contributed by atoms with Gasteiger partial charge in [-0.15, -0.1) is 0 Å². The Labute approximate surface area is 168 Å². The molecule has 7 nitrogen and oxygen atoms in total. The molecule has 2 aromatic carbocycles. The number of anilines is 1. The smallest absolute Gasteiger partial charge is 0.253 e. The maximum Gasteiger partial charge on any atom is 0.253 e. The molecule has 0 unspecified atom stereocenters. The van der Waals surface area contributed by atoms with Crippen LogP contribution in [0.15, 0.2) is 42.5 Å². The molecule has 2 amide bonds. The summed E-state index contributed by atoms with van der Waals surface area (Å²) in [6, 6.07) is 12.1. The Morgan fingerprint density at radius 2 is 1.72 bits per heavy atom. The topological polar surface area (TPSA) is 84.9 Å². The van der Waals surface area contributed by atoms with Crippen molar-refractivity contribution in [1.29, 1.82) is 0 Å². The van der Waals surface area contributed by atoms with Gasteiger partial charge in [0.2, 0.25) is 12.7 Å². The minimum atomic E-state index is -0.170. The summed E-state index contributed by atoms with van der Waals surface area (Å²) in [6.07, 6.45) is 1.18. The van der Waals surface area contributed by atoms with Gasteiger partial charge in [0, 0.05) is 35.8 Å². The highest BCUT2D eigenvalue weighted by Gasteiger charge is 2.28. The summed E-state index contributed by atoms with van der Waals surface area (Å²) in [5, 5.41) is 2.89. The first-order valence-electron chi connectivity index (χ1n) is 9.62. The minimum absolute atomic E-state index is 0.0450. The lowest BCUT2D eigenvalue weighted by Gasteiger charge is -2.31. The minimum Gasteiger partial charge on any atom is -0.454 e. The number of ether oxygens (including phenoxy) is 2. The number of ketones is 1. The van der Waals surface area contributed by atoms with Crippen LogP contribution in [0.3, 0.4) is 0 Å². The van der Waals surface area contributed by atoms with Crippen LogP contribution in [-0.2, 0) is 4.79 Å². The monoisotopic (exact) mass is 394 g/mol. The van der Waals surface area contributed by atoms with Gasteiger partial charge in [-0.3, -0.25) is 14.4 Å². The molecule has 0 spiro atoms. The van der Waals surface area contributed by atoms with Gasteiger partial charge in [0.15, 0.2) is 17.3 Å². The van der Waals surface area contributed by atoms with Crippen LogP contribution in [0.1, 0.15) is 40.5 Å². The molecule has 2 aliphatic rings. The van der Waals surface area contributed by atoms with Crippen LogP contribution in [0, 0.1) is 5.92 Å². The van der Waals surface area contributed by atoms with Crippen molar-refractivity contribution in [3.05, 3.63) is 53.6 Å². The summed E-state index contributed by atoms with van der Waals surface area (Å²) in [7, 11) is 0. The highest BCUT2D eigenvalue weighted by Crippen LogP contribution is 2.33. The van der Waals surface area contributed by atoms with Gasteiger partial charge in [0.25, 0.3) is 5.91 Å². The van der Waals surface area contributed by atoms with E-state index < -0.39 is 0 Å². The van der Waals surface area contributed by atoms with Gasteiger partial charge in [0.05, 0.1) is 0 Å². The van der Waals surface area contributed by atoms with Gasteiger partial charge in [-0.2, -0.15) is 0 Å². The highest BCUT2D eigenvalue weighted by molar-refractivity contribution is 5.98. The maximum atomic E-state index is 12.8. The Kier molecular flexibility index (Phi) is 5.20. The number of fused-ring (bicyclic) bond motifs is 1. The van der Waals surface area contributed by atoms with E-state index in [0.29, 0.717) is 54.2 Å². The Balaban J connectivity index is 1.34. The molecule has 0 bridgehead atoms. The van der Waals surface area contributed by atoms with E-state index in [-0.39, 0.29) is 30.3 Å². The number of nitrogens with zero attached hydrogens (tertiary/aromatic N) is 1. The highest BCUT2D eigenvalue weighted by atomic mass is 16.7. The van der Waals surface area contributed by atoms with Crippen molar-refractivity contribution < 1.29 is 23.9 Å².